The van der Waals surface area contributed by atoms with Crippen LogP contribution in [0.5, 0.6) is 0 Å². The van der Waals surface area contributed by atoms with Gasteiger partial charge in [0.2, 0.25) is 0 Å². The summed E-state index contributed by atoms with van der Waals surface area (Å²) in [6, 6.07) is 11.6. The number of alkyl halides is 3. The number of halogens is 3. The molecule has 0 fully saturated rings. The number of rotatable bonds is 6. The predicted octanol–water partition coefficient (Wildman–Crippen LogP) is 4.49. The Hall–Kier alpha value is -2.85. The van der Waals surface area contributed by atoms with Gasteiger partial charge in [-0.3, -0.25) is 4.79 Å². The third-order valence-electron chi connectivity index (χ3n) is 4.25. The molecule has 1 N–H and O–H groups in total. The minimum absolute atomic E-state index is 0.135. The maximum absolute atomic E-state index is 13.0. The van der Waals surface area contributed by atoms with E-state index in [2.05, 4.69) is 5.32 Å². The third kappa shape index (κ3) is 5.08. The number of hydrogen-bond donors (Lipinski definition) is 1. The van der Waals surface area contributed by atoms with Gasteiger partial charge >= 0.3 is 6.18 Å². The summed E-state index contributed by atoms with van der Waals surface area (Å²) in [7, 11) is 3.54. The molecule has 0 heterocycles. The lowest BCUT2D eigenvalue weighted by atomic mass is 10.0. The number of hydrogen-bond acceptors (Lipinski definition) is 4. The fraction of sp³-hybridized carbons (Fsp3) is 0.300. The molecule has 0 aliphatic rings. The van der Waals surface area contributed by atoms with Crippen LogP contribution in [0.25, 0.3) is 0 Å². The largest absolute Gasteiger partial charge is 0.416 e. The summed E-state index contributed by atoms with van der Waals surface area (Å²) in [5, 5.41) is 12.4. The van der Waals surface area contributed by atoms with Gasteiger partial charge in [0, 0.05) is 12.1 Å². The standard InChI is InChI=1S/C20H20F3N3O/c1-13(27)14-7-8-16(11-24)18(10-14)25-12-19(26(2)3)15-5-4-6-17(9-15)20(21,22)23/h4-10,19,25H,12H2,1-3H3. The van der Waals surface area contributed by atoms with Crippen LogP contribution in [0.3, 0.4) is 0 Å². The van der Waals surface area contributed by atoms with Gasteiger partial charge in [-0.1, -0.05) is 12.1 Å². The Bertz CT molecular complexity index is 870. The lowest BCUT2D eigenvalue weighted by Crippen LogP contribution is -2.27. The number of nitrogens with zero attached hydrogens (tertiary/aromatic N) is 2. The second-order valence-electron chi connectivity index (χ2n) is 6.41. The van der Waals surface area contributed by atoms with E-state index in [1.165, 1.54) is 13.0 Å². The van der Waals surface area contributed by atoms with E-state index in [1.807, 2.05) is 6.07 Å². The highest BCUT2D eigenvalue weighted by Gasteiger charge is 2.31. The minimum atomic E-state index is -4.41. The monoisotopic (exact) mass is 375 g/mol. The Balaban J connectivity index is 2.30. The molecule has 0 saturated carbocycles. The summed E-state index contributed by atoms with van der Waals surface area (Å²) in [5.74, 6) is -0.135. The second kappa shape index (κ2) is 8.23. The molecule has 0 aliphatic carbocycles. The van der Waals surface area contributed by atoms with Gasteiger partial charge in [-0.2, -0.15) is 18.4 Å². The first kappa shape index (κ1) is 20.5. The molecule has 27 heavy (non-hydrogen) atoms. The number of nitriles is 1. The first-order valence-corrected chi connectivity index (χ1v) is 8.26. The average Bonchev–Trinajstić information content (AvgIpc) is 2.61. The van der Waals surface area contributed by atoms with E-state index in [-0.39, 0.29) is 18.4 Å². The summed E-state index contributed by atoms with van der Waals surface area (Å²) in [6.07, 6.45) is -4.41. The van der Waals surface area contributed by atoms with Crippen LogP contribution < -0.4 is 5.32 Å². The van der Waals surface area contributed by atoms with Gasteiger partial charge in [0.15, 0.2) is 5.78 Å². The van der Waals surface area contributed by atoms with Crippen molar-refractivity contribution in [1.82, 2.24) is 4.90 Å². The number of carbonyl (C=O) groups is 1. The molecule has 142 valence electrons. The van der Waals surface area contributed by atoms with E-state index in [4.69, 9.17) is 0 Å². The van der Waals surface area contributed by atoms with E-state index in [0.29, 0.717) is 22.4 Å². The maximum Gasteiger partial charge on any atom is 0.416 e. The van der Waals surface area contributed by atoms with Crippen molar-refractivity contribution in [3.05, 3.63) is 64.7 Å². The Morgan fingerprint density at radius 3 is 2.48 bits per heavy atom. The molecule has 7 heteroatoms. The molecule has 2 aromatic carbocycles. The van der Waals surface area contributed by atoms with Crippen LogP contribution in [0, 0.1) is 11.3 Å². The molecule has 1 atom stereocenters. The Morgan fingerprint density at radius 1 is 1.22 bits per heavy atom. The van der Waals surface area contributed by atoms with E-state index >= 15 is 0 Å². The summed E-state index contributed by atoms with van der Waals surface area (Å²) in [6.45, 7) is 1.70. The summed E-state index contributed by atoms with van der Waals surface area (Å²) in [5.41, 5.74) is 1.09. The van der Waals surface area contributed by atoms with Gasteiger partial charge in [-0.15, -0.1) is 0 Å². The normalized spacial score (nSPS) is 12.5. The van der Waals surface area contributed by atoms with Crippen molar-refractivity contribution in [2.24, 2.45) is 0 Å². The number of nitrogens with one attached hydrogen (secondary N) is 1. The molecule has 0 bridgehead atoms. The van der Waals surface area contributed by atoms with Crippen molar-refractivity contribution in [2.75, 3.05) is 26.0 Å². The SMILES string of the molecule is CC(=O)c1ccc(C#N)c(NCC(c2cccc(C(F)(F)F)c2)N(C)C)c1. The summed E-state index contributed by atoms with van der Waals surface area (Å²) >= 11 is 0. The van der Waals surface area contributed by atoms with Crippen molar-refractivity contribution in [2.45, 2.75) is 19.1 Å². The van der Waals surface area contributed by atoms with Crippen LogP contribution in [-0.2, 0) is 6.18 Å². The first-order valence-electron chi connectivity index (χ1n) is 8.26. The van der Waals surface area contributed by atoms with Crippen molar-refractivity contribution in [3.63, 3.8) is 0 Å². The summed E-state index contributed by atoms with van der Waals surface area (Å²) in [4.78, 5) is 13.4. The Morgan fingerprint density at radius 2 is 1.93 bits per heavy atom. The van der Waals surface area contributed by atoms with Crippen LogP contribution >= 0.6 is 0 Å². The highest BCUT2D eigenvalue weighted by Crippen LogP contribution is 2.31. The lowest BCUT2D eigenvalue weighted by Gasteiger charge is -2.26. The van der Waals surface area contributed by atoms with Gasteiger partial charge in [0.05, 0.1) is 22.9 Å². The molecule has 0 spiro atoms. The molecule has 0 amide bonds. The van der Waals surface area contributed by atoms with Crippen molar-refractivity contribution < 1.29 is 18.0 Å². The zero-order valence-corrected chi connectivity index (χ0v) is 15.3. The first-order chi connectivity index (χ1) is 12.6. The number of carbonyl (C=O) groups excluding carboxylic acids is 1. The predicted molar refractivity (Wildman–Crippen MR) is 97.5 cm³/mol. The molecule has 0 aromatic heterocycles. The molecule has 2 aromatic rings. The molecule has 1 unspecified atom stereocenters. The minimum Gasteiger partial charge on any atom is -0.382 e. The second-order valence-corrected chi connectivity index (χ2v) is 6.41. The number of Topliss-reactive ketones (excluding diaryl/α,β-unsaturated/α-hetero) is 1. The van der Waals surface area contributed by atoms with Gasteiger partial charge in [-0.05, 0) is 56.9 Å². The quantitative estimate of drug-likeness (QED) is 0.756. The lowest BCUT2D eigenvalue weighted by molar-refractivity contribution is -0.137. The maximum atomic E-state index is 13.0. The molecule has 0 radical (unpaired) electrons. The highest BCUT2D eigenvalue weighted by molar-refractivity contribution is 5.95. The zero-order valence-electron chi connectivity index (χ0n) is 15.3. The number of likely N-dealkylation sites (N-methyl/N-ethyl adjacent to an activating group) is 1. The Labute approximate surface area is 156 Å². The average molecular weight is 375 g/mol. The number of anilines is 1. The van der Waals surface area contributed by atoms with Crippen molar-refractivity contribution in [3.8, 4) is 6.07 Å². The van der Waals surface area contributed by atoms with Crippen LogP contribution in [0.4, 0.5) is 18.9 Å². The topological polar surface area (TPSA) is 56.1 Å². The van der Waals surface area contributed by atoms with Crippen LogP contribution in [0.2, 0.25) is 0 Å². The van der Waals surface area contributed by atoms with Crippen LogP contribution in [0.15, 0.2) is 42.5 Å². The smallest absolute Gasteiger partial charge is 0.382 e. The van der Waals surface area contributed by atoms with Gasteiger partial charge < -0.3 is 10.2 Å². The molecule has 0 aliphatic heterocycles. The van der Waals surface area contributed by atoms with E-state index < -0.39 is 11.7 Å². The van der Waals surface area contributed by atoms with E-state index in [1.54, 1.807) is 43.3 Å². The van der Waals surface area contributed by atoms with Gasteiger partial charge in [0.1, 0.15) is 6.07 Å². The van der Waals surface area contributed by atoms with E-state index in [9.17, 15) is 23.2 Å². The molecular formula is C20H20F3N3O. The molecule has 0 saturated heterocycles. The number of benzene rings is 2. The van der Waals surface area contributed by atoms with Crippen molar-refractivity contribution >= 4 is 11.5 Å². The Kier molecular flexibility index (Phi) is 6.24. The fourth-order valence-electron chi connectivity index (χ4n) is 2.73. The molecule has 4 nitrogen and oxygen atoms in total. The van der Waals surface area contributed by atoms with Crippen LogP contribution in [0.1, 0.15) is 40.0 Å². The third-order valence-corrected chi connectivity index (χ3v) is 4.25. The zero-order chi connectivity index (χ0) is 20.2. The van der Waals surface area contributed by atoms with Gasteiger partial charge in [0.25, 0.3) is 0 Å². The molecule has 2 rings (SSSR count). The number of ketones is 1. The van der Waals surface area contributed by atoms with Crippen LogP contribution in [-0.4, -0.2) is 31.3 Å². The van der Waals surface area contributed by atoms with Crippen molar-refractivity contribution in [1.29, 1.82) is 5.26 Å². The fourth-order valence-corrected chi connectivity index (χ4v) is 2.73. The van der Waals surface area contributed by atoms with E-state index in [0.717, 1.165) is 12.1 Å². The van der Waals surface area contributed by atoms with Gasteiger partial charge in [-0.25, -0.2) is 0 Å². The highest BCUT2D eigenvalue weighted by atomic mass is 19.4. The summed E-state index contributed by atoms with van der Waals surface area (Å²) < 4.78 is 39.0. The molecular weight excluding hydrogens is 355 g/mol.